The summed E-state index contributed by atoms with van der Waals surface area (Å²) >= 11 is 5.97. The van der Waals surface area contributed by atoms with Gasteiger partial charge in [-0.1, -0.05) is 23.7 Å². The van der Waals surface area contributed by atoms with E-state index in [9.17, 15) is 9.59 Å². The minimum atomic E-state index is -0.420. The van der Waals surface area contributed by atoms with Crippen molar-refractivity contribution in [2.45, 2.75) is 6.92 Å². The average Bonchev–Trinajstić information content (AvgIpc) is 3.00. The van der Waals surface area contributed by atoms with Crippen molar-refractivity contribution in [2.75, 3.05) is 18.7 Å². The van der Waals surface area contributed by atoms with Crippen LogP contribution in [0.15, 0.2) is 36.4 Å². The zero-order valence-corrected chi connectivity index (χ0v) is 13.6. The number of para-hydroxylation sites is 1. The van der Waals surface area contributed by atoms with E-state index in [2.05, 4.69) is 5.32 Å². The smallest absolute Gasteiger partial charge is 0.262 e. The lowest BCUT2D eigenvalue weighted by molar-refractivity contribution is -0.118. The lowest BCUT2D eigenvalue weighted by Crippen LogP contribution is -2.21. The van der Waals surface area contributed by atoms with Gasteiger partial charge in [-0.3, -0.25) is 9.59 Å². The summed E-state index contributed by atoms with van der Waals surface area (Å²) in [5.74, 6) is 0.742. The molecule has 1 aliphatic rings. The minimum Gasteiger partial charge on any atom is -0.482 e. The van der Waals surface area contributed by atoms with E-state index in [0.29, 0.717) is 33.5 Å². The number of halogens is 1. The normalized spacial score (nSPS) is 11.9. The summed E-state index contributed by atoms with van der Waals surface area (Å²) < 4.78 is 15.9. The van der Waals surface area contributed by atoms with Crippen molar-refractivity contribution < 1.29 is 23.8 Å². The van der Waals surface area contributed by atoms with E-state index in [-0.39, 0.29) is 19.2 Å². The fraction of sp³-hybridized carbons (Fsp3) is 0.176. The van der Waals surface area contributed by atoms with Crippen LogP contribution in [-0.4, -0.2) is 25.1 Å². The first-order valence-corrected chi connectivity index (χ1v) is 7.54. The van der Waals surface area contributed by atoms with E-state index in [1.165, 1.54) is 6.92 Å². The van der Waals surface area contributed by atoms with Gasteiger partial charge in [-0.15, -0.1) is 0 Å². The molecule has 0 fully saturated rings. The van der Waals surface area contributed by atoms with Crippen LogP contribution in [0.4, 0.5) is 5.69 Å². The molecule has 3 rings (SSSR count). The Morgan fingerprint density at radius 3 is 2.62 bits per heavy atom. The Bertz CT molecular complexity index is 806. The summed E-state index contributed by atoms with van der Waals surface area (Å²) in [4.78, 5) is 23.9. The van der Waals surface area contributed by atoms with Crippen LogP contribution in [0.3, 0.4) is 0 Å². The van der Waals surface area contributed by atoms with Gasteiger partial charge in [-0.25, -0.2) is 0 Å². The third-order valence-corrected chi connectivity index (χ3v) is 3.67. The zero-order valence-electron chi connectivity index (χ0n) is 12.8. The molecule has 1 heterocycles. The van der Waals surface area contributed by atoms with Crippen LogP contribution in [-0.2, 0) is 4.79 Å². The van der Waals surface area contributed by atoms with Crippen molar-refractivity contribution in [3.8, 4) is 17.2 Å². The maximum atomic E-state index is 12.1. The fourth-order valence-electron chi connectivity index (χ4n) is 2.23. The van der Waals surface area contributed by atoms with Gasteiger partial charge in [0.2, 0.25) is 6.79 Å². The molecule has 0 atom stereocenters. The Balaban J connectivity index is 1.72. The summed E-state index contributed by atoms with van der Waals surface area (Å²) in [5.41, 5.74) is 0.685. The summed E-state index contributed by atoms with van der Waals surface area (Å²) in [6.45, 7) is 1.25. The van der Waals surface area contributed by atoms with Crippen molar-refractivity contribution in [3.05, 3.63) is 47.0 Å². The van der Waals surface area contributed by atoms with Gasteiger partial charge in [0, 0.05) is 11.6 Å². The number of fused-ring (bicyclic) bond motifs is 1. The third kappa shape index (κ3) is 3.44. The van der Waals surface area contributed by atoms with E-state index >= 15 is 0 Å². The Labute approximate surface area is 143 Å². The first-order chi connectivity index (χ1) is 11.5. The number of benzene rings is 2. The van der Waals surface area contributed by atoms with Gasteiger partial charge in [0.25, 0.3) is 5.91 Å². The highest BCUT2D eigenvalue weighted by molar-refractivity contribution is 6.32. The second-order valence-corrected chi connectivity index (χ2v) is 5.48. The SMILES string of the molecule is CC(=O)c1cc2c(cc1NC(=O)COc1ccccc1Cl)OCO2. The molecule has 0 aliphatic carbocycles. The number of rotatable bonds is 5. The van der Waals surface area contributed by atoms with Crippen LogP contribution in [0.2, 0.25) is 5.02 Å². The number of Topliss-reactive ketones (excluding diaryl/α,β-unsaturated/α-hetero) is 1. The van der Waals surface area contributed by atoms with Crippen molar-refractivity contribution >= 4 is 29.0 Å². The summed E-state index contributed by atoms with van der Waals surface area (Å²) in [6, 6.07) is 9.96. The number of hydrogen-bond acceptors (Lipinski definition) is 5. The molecular weight excluding hydrogens is 334 g/mol. The van der Waals surface area contributed by atoms with Gasteiger partial charge in [0.15, 0.2) is 23.9 Å². The van der Waals surface area contributed by atoms with Crippen LogP contribution >= 0.6 is 11.6 Å². The monoisotopic (exact) mass is 347 g/mol. The molecule has 0 bridgehead atoms. The lowest BCUT2D eigenvalue weighted by atomic mass is 10.1. The van der Waals surface area contributed by atoms with E-state index < -0.39 is 5.91 Å². The first-order valence-electron chi connectivity index (χ1n) is 7.16. The van der Waals surface area contributed by atoms with Gasteiger partial charge >= 0.3 is 0 Å². The number of amides is 1. The minimum absolute atomic E-state index is 0.0830. The molecule has 0 aromatic heterocycles. The molecule has 1 amide bonds. The quantitative estimate of drug-likeness (QED) is 0.840. The Morgan fingerprint density at radius 1 is 1.21 bits per heavy atom. The highest BCUT2D eigenvalue weighted by Gasteiger charge is 2.20. The second kappa shape index (κ2) is 6.80. The van der Waals surface area contributed by atoms with Crippen molar-refractivity contribution in [1.82, 2.24) is 0 Å². The predicted octanol–water partition coefficient (Wildman–Crippen LogP) is 3.29. The van der Waals surface area contributed by atoms with Crippen molar-refractivity contribution in [2.24, 2.45) is 0 Å². The highest BCUT2D eigenvalue weighted by atomic mass is 35.5. The molecule has 0 radical (unpaired) electrons. The Morgan fingerprint density at radius 2 is 1.92 bits per heavy atom. The number of ketones is 1. The predicted molar refractivity (Wildman–Crippen MR) is 88.1 cm³/mol. The van der Waals surface area contributed by atoms with Crippen LogP contribution in [0, 0.1) is 0 Å². The number of hydrogen-bond donors (Lipinski definition) is 1. The molecule has 24 heavy (non-hydrogen) atoms. The van der Waals surface area contributed by atoms with Crippen LogP contribution < -0.4 is 19.5 Å². The largest absolute Gasteiger partial charge is 0.482 e. The molecule has 0 saturated carbocycles. The van der Waals surface area contributed by atoms with E-state index in [4.69, 9.17) is 25.8 Å². The van der Waals surface area contributed by atoms with E-state index in [1.54, 1.807) is 36.4 Å². The van der Waals surface area contributed by atoms with Gasteiger partial charge in [0.05, 0.1) is 10.7 Å². The molecule has 2 aromatic rings. The van der Waals surface area contributed by atoms with Crippen LogP contribution in [0.25, 0.3) is 0 Å². The molecule has 1 aliphatic heterocycles. The summed E-state index contributed by atoms with van der Waals surface area (Å²) in [6.07, 6.45) is 0. The zero-order chi connectivity index (χ0) is 17.1. The number of ether oxygens (including phenoxy) is 3. The van der Waals surface area contributed by atoms with Crippen molar-refractivity contribution in [3.63, 3.8) is 0 Å². The van der Waals surface area contributed by atoms with E-state index in [0.717, 1.165) is 0 Å². The van der Waals surface area contributed by atoms with Crippen LogP contribution in [0.1, 0.15) is 17.3 Å². The number of nitrogens with one attached hydrogen (secondary N) is 1. The number of anilines is 1. The topological polar surface area (TPSA) is 73.9 Å². The van der Waals surface area contributed by atoms with Crippen molar-refractivity contribution in [1.29, 1.82) is 0 Å². The average molecular weight is 348 g/mol. The number of carbonyl (C=O) groups is 2. The molecule has 124 valence electrons. The molecule has 0 saturated heterocycles. The standard InChI is InChI=1S/C17H14ClNO5/c1-10(20)11-6-15-16(24-9-23-15)7-13(11)19-17(21)8-22-14-5-3-2-4-12(14)18/h2-7H,8-9H2,1H3,(H,19,21). The summed E-state index contributed by atoms with van der Waals surface area (Å²) in [7, 11) is 0. The van der Waals surface area contributed by atoms with Gasteiger partial charge in [-0.05, 0) is 25.1 Å². The molecule has 0 unspecified atom stereocenters. The second-order valence-electron chi connectivity index (χ2n) is 5.07. The molecule has 7 heteroatoms. The third-order valence-electron chi connectivity index (χ3n) is 3.36. The lowest BCUT2D eigenvalue weighted by Gasteiger charge is -2.12. The molecule has 1 N–H and O–H groups in total. The maximum Gasteiger partial charge on any atom is 0.262 e. The Hall–Kier alpha value is -2.73. The fourth-order valence-corrected chi connectivity index (χ4v) is 2.42. The van der Waals surface area contributed by atoms with Gasteiger partial charge < -0.3 is 19.5 Å². The molecule has 0 spiro atoms. The Kier molecular flexibility index (Phi) is 4.57. The molecule has 2 aromatic carbocycles. The first kappa shape index (κ1) is 16.1. The molecular formula is C17H14ClNO5. The number of carbonyl (C=O) groups excluding carboxylic acids is 2. The van der Waals surface area contributed by atoms with Crippen LogP contribution in [0.5, 0.6) is 17.2 Å². The van der Waals surface area contributed by atoms with E-state index in [1.807, 2.05) is 0 Å². The van der Waals surface area contributed by atoms with Gasteiger partial charge in [-0.2, -0.15) is 0 Å². The van der Waals surface area contributed by atoms with Gasteiger partial charge in [0.1, 0.15) is 5.75 Å². The maximum absolute atomic E-state index is 12.1. The highest BCUT2D eigenvalue weighted by Crippen LogP contribution is 2.37. The summed E-state index contributed by atoms with van der Waals surface area (Å²) in [5, 5.41) is 3.06. The molecule has 6 nitrogen and oxygen atoms in total.